The van der Waals surface area contributed by atoms with Gasteiger partial charge < -0.3 is 10.4 Å². The number of halogens is 1. The molecule has 4 heteroatoms. The van der Waals surface area contributed by atoms with Crippen molar-refractivity contribution in [1.29, 1.82) is 0 Å². The van der Waals surface area contributed by atoms with Gasteiger partial charge in [0.2, 0.25) is 0 Å². The molecular weight excluding hydrogens is 304 g/mol. The van der Waals surface area contributed by atoms with Crippen molar-refractivity contribution < 1.29 is 5.11 Å². The average molecular weight is 321 g/mol. The summed E-state index contributed by atoms with van der Waals surface area (Å²) in [5, 5.41) is 14.5. The molecule has 2 aromatic rings. The van der Waals surface area contributed by atoms with Gasteiger partial charge in [-0.1, -0.05) is 25.0 Å². The fourth-order valence-electron chi connectivity index (χ4n) is 2.66. The van der Waals surface area contributed by atoms with Crippen molar-refractivity contribution in [3.05, 3.63) is 34.8 Å². The number of nitrogens with zero attached hydrogens (tertiary/aromatic N) is 1. The molecule has 2 N–H and O–H groups in total. The second kappa shape index (κ2) is 5.47. The van der Waals surface area contributed by atoms with Gasteiger partial charge >= 0.3 is 0 Å². The molecule has 2 atom stereocenters. The van der Waals surface area contributed by atoms with Crippen molar-refractivity contribution in [2.45, 2.75) is 37.8 Å². The predicted octanol–water partition coefficient (Wildman–Crippen LogP) is 3.71. The zero-order chi connectivity index (χ0) is 13.2. The average Bonchev–Trinajstić information content (AvgIpc) is 2.42. The van der Waals surface area contributed by atoms with Crippen LogP contribution < -0.4 is 5.32 Å². The highest BCUT2D eigenvalue weighted by molar-refractivity contribution is 9.10. The van der Waals surface area contributed by atoms with Gasteiger partial charge in [-0.3, -0.25) is 0 Å². The topological polar surface area (TPSA) is 45.1 Å². The van der Waals surface area contributed by atoms with Gasteiger partial charge in [0, 0.05) is 9.86 Å². The van der Waals surface area contributed by atoms with E-state index in [1.807, 2.05) is 24.3 Å². The summed E-state index contributed by atoms with van der Waals surface area (Å²) in [6.07, 6.45) is 3.93. The smallest absolute Gasteiger partial charge is 0.127 e. The number of hydrogen-bond acceptors (Lipinski definition) is 3. The Morgan fingerprint density at radius 3 is 2.84 bits per heavy atom. The van der Waals surface area contributed by atoms with E-state index in [0.717, 1.165) is 40.5 Å². The van der Waals surface area contributed by atoms with Crippen LogP contribution in [0.1, 0.15) is 25.7 Å². The summed E-state index contributed by atoms with van der Waals surface area (Å²) in [6.45, 7) is 0. The fraction of sp³-hybridized carbons (Fsp3) is 0.400. The summed E-state index contributed by atoms with van der Waals surface area (Å²) in [4.78, 5) is 4.63. The minimum Gasteiger partial charge on any atom is -0.391 e. The molecule has 0 amide bonds. The summed E-state index contributed by atoms with van der Waals surface area (Å²) in [5.74, 6) is 0.838. The Hall–Kier alpha value is -1.13. The minimum atomic E-state index is -0.259. The third-order valence-corrected chi connectivity index (χ3v) is 4.37. The largest absolute Gasteiger partial charge is 0.391 e. The van der Waals surface area contributed by atoms with Gasteiger partial charge in [0.25, 0.3) is 0 Å². The monoisotopic (exact) mass is 320 g/mol. The van der Waals surface area contributed by atoms with Crippen molar-refractivity contribution in [3.8, 4) is 0 Å². The molecule has 1 heterocycles. The number of anilines is 1. The number of rotatable bonds is 2. The van der Waals surface area contributed by atoms with Crippen LogP contribution in [0.4, 0.5) is 5.82 Å². The number of para-hydroxylation sites is 1. The van der Waals surface area contributed by atoms with Crippen LogP contribution in [0.25, 0.3) is 10.9 Å². The van der Waals surface area contributed by atoms with Gasteiger partial charge in [-0.15, -0.1) is 0 Å². The van der Waals surface area contributed by atoms with Crippen molar-refractivity contribution >= 4 is 32.7 Å². The normalized spacial score (nSPS) is 23.5. The summed E-state index contributed by atoms with van der Waals surface area (Å²) in [7, 11) is 0. The highest BCUT2D eigenvalue weighted by atomic mass is 79.9. The van der Waals surface area contributed by atoms with E-state index in [0.29, 0.717) is 0 Å². The second-order valence-electron chi connectivity index (χ2n) is 5.11. The number of pyridine rings is 1. The molecule has 0 aliphatic heterocycles. The highest BCUT2D eigenvalue weighted by Crippen LogP contribution is 2.25. The molecule has 1 aliphatic rings. The molecule has 0 spiro atoms. The van der Waals surface area contributed by atoms with Crippen LogP contribution in [0.5, 0.6) is 0 Å². The SMILES string of the molecule is OC1CCCCC1Nc1ccc2cccc(Br)c2n1. The highest BCUT2D eigenvalue weighted by Gasteiger charge is 2.23. The quantitative estimate of drug-likeness (QED) is 0.886. The molecule has 1 aliphatic carbocycles. The molecule has 100 valence electrons. The third kappa shape index (κ3) is 2.74. The number of aliphatic hydroxyl groups is 1. The Kier molecular flexibility index (Phi) is 3.71. The number of aromatic nitrogens is 1. The Morgan fingerprint density at radius 1 is 1.16 bits per heavy atom. The first-order valence-electron chi connectivity index (χ1n) is 6.74. The number of hydrogen-bond donors (Lipinski definition) is 2. The van der Waals surface area contributed by atoms with Crippen LogP contribution in [0.3, 0.4) is 0 Å². The Bertz CT molecular complexity index is 587. The van der Waals surface area contributed by atoms with Gasteiger partial charge in [-0.25, -0.2) is 4.98 Å². The lowest BCUT2D eigenvalue weighted by Gasteiger charge is -2.28. The molecule has 2 unspecified atom stereocenters. The summed E-state index contributed by atoms with van der Waals surface area (Å²) in [6, 6.07) is 10.2. The van der Waals surface area contributed by atoms with E-state index in [-0.39, 0.29) is 12.1 Å². The molecule has 0 saturated heterocycles. The first-order valence-corrected chi connectivity index (χ1v) is 7.53. The standard InChI is InChI=1S/C15H17BrN2O/c16-11-5-3-4-10-8-9-14(18-15(10)11)17-12-6-1-2-7-13(12)19/h3-5,8-9,12-13,19H,1-2,6-7H2,(H,17,18). The predicted molar refractivity (Wildman–Crippen MR) is 81.3 cm³/mol. The van der Waals surface area contributed by atoms with E-state index in [1.165, 1.54) is 6.42 Å². The minimum absolute atomic E-state index is 0.126. The number of nitrogens with one attached hydrogen (secondary N) is 1. The fourth-order valence-corrected chi connectivity index (χ4v) is 3.13. The van der Waals surface area contributed by atoms with Crippen molar-refractivity contribution in [2.75, 3.05) is 5.32 Å². The lowest BCUT2D eigenvalue weighted by atomic mass is 9.92. The van der Waals surface area contributed by atoms with Gasteiger partial charge in [0.15, 0.2) is 0 Å². The van der Waals surface area contributed by atoms with Crippen LogP contribution in [-0.2, 0) is 0 Å². The molecular formula is C15H17BrN2O. The first kappa shape index (κ1) is 12.9. The Labute approximate surface area is 121 Å². The van der Waals surface area contributed by atoms with Crippen LogP contribution in [0.15, 0.2) is 34.8 Å². The van der Waals surface area contributed by atoms with Crippen LogP contribution >= 0.6 is 15.9 Å². The maximum absolute atomic E-state index is 10.00. The second-order valence-corrected chi connectivity index (χ2v) is 5.97. The zero-order valence-electron chi connectivity index (χ0n) is 10.6. The van der Waals surface area contributed by atoms with E-state index in [4.69, 9.17) is 0 Å². The lowest BCUT2D eigenvalue weighted by molar-refractivity contribution is 0.116. The number of aliphatic hydroxyl groups excluding tert-OH is 1. The molecule has 1 saturated carbocycles. The van der Waals surface area contributed by atoms with Crippen LogP contribution in [-0.4, -0.2) is 22.2 Å². The number of fused-ring (bicyclic) bond motifs is 1. The molecule has 1 aromatic carbocycles. The van der Waals surface area contributed by atoms with Gasteiger partial charge in [-0.2, -0.15) is 0 Å². The van der Waals surface area contributed by atoms with Crippen LogP contribution in [0, 0.1) is 0 Å². The maximum Gasteiger partial charge on any atom is 0.127 e. The van der Waals surface area contributed by atoms with E-state index in [9.17, 15) is 5.11 Å². The summed E-state index contributed by atoms with van der Waals surface area (Å²) < 4.78 is 0.998. The molecule has 3 rings (SSSR count). The maximum atomic E-state index is 10.00. The molecule has 1 fully saturated rings. The third-order valence-electron chi connectivity index (χ3n) is 3.73. The van der Waals surface area contributed by atoms with Gasteiger partial charge in [0.05, 0.1) is 17.7 Å². The summed E-state index contributed by atoms with van der Waals surface area (Å²) in [5.41, 5.74) is 0.956. The zero-order valence-corrected chi connectivity index (χ0v) is 12.2. The molecule has 3 nitrogen and oxygen atoms in total. The van der Waals surface area contributed by atoms with E-state index in [2.05, 4.69) is 32.3 Å². The van der Waals surface area contributed by atoms with Crippen molar-refractivity contribution in [1.82, 2.24) is 4.98 Å². The number of benzene rings is 1. The Morgan fingerprint density at radius 2 is 2.00 bits per heavy atom. The molecule has 0 radical (unpaired) electrons. The van der Waals surface area contributed by atoms with Crippen LogP contribution in [0.2, 0.25) is 0 Å². The lowest BCUT2D eigenvalue weighted by Crippen LogP contribution is -2.36. The molecule has 0 bridgehead atoms. The van der Waals surface area contributed by atoms with E-state index < -0.39 is 0 Å². The molecule has 19 heavy (non-hydrogen) atoms. The first-order chi connectivity index (χ1) is 9.24. The van der Waals surface area contributed by atoms with E-state index in [1.54, 1.807) is 0 Å². The van der Waals surface area contributed by atoms with E-state index >= 15 is 0 Å². The Balaban J connectivity index is 1.86. The van der Waals surface area contributed by atoms with Gasteiger partial charge in [-0.05, 0) is 47.0 Å². The van der Waals surface area contributed by atoms with Crippen molar-refractivity contribution in [3.63, 3.8) is 0 Å². The summed E-state index contributed by atoms with van der Waals surface area (Å²) >= 11 is 3.53. The van der Waals surface area contributed by atoms with Gasteiger partial charge in [0.1, 0.15) is 5.82 Å². The molecule has 1 aromatic heterocycles. The van der Waals surface area contributed by atoms with Crippen molar-refractivity contribution in [2.24, 2.45) is 0 Å².